The predicted molar refractivity (Wildman–Crippen MR) is 251 cm³/mol. The molecule has 0 spiro atoms. The fourth-order valence-electron chi connectivity index (χ4n) is 1.69. The van der Waals surface area contributed by atoms with Gasteiger partial charge in [0.2, 0.25) is 0 Å². The highest BCUT2D eigenvalue weighted by Crippen LogP contribution is 1.92. The summed E-state index contributed by atoms with van der Waals surface area (Å²) in [6.45, 7) is 22.1. The van der Waals surface area contributed by atoms with Gasteiger partial charge < -0.3 is 18.9 Å². The van der Waals surface area contributed by atoms with E-state index in [1.54, 1.807) is 56.9 Å². The lowest BCUT2D eigenvalue weighted by Gasteiger charge is -1.82. The molecule has 0 saturated carbocycles. The van der Waals surface area contributed by atoms with E-state index in [2.05, 4.69) is 38.0 Å². The van der Waals surface area contributed by atoms with E-state index in [0.717, 1.165) is 0 Å². The maximum Gasteiger partial charge on any atom is 0.0351 e. The van der Waals surface area contributed by atoms with Gasteiger partial charge in [-0.2, -0.15) is 0 Å². The number of benzene rings is 4. The van der Waals surface area contributed by atoms with Crippen LogP contribution in [0.4, 0.5) is 0 Å². The van der Waals surface area contributed by atoms with Crippen LogP contribution in [0.2, 0.25) is 0 Å². The molecule has 4 nitrogen and oxygen atoms in total. The van der Waals surface area contributed by atoms with Crippen molar-refractivity contribution < 1.29 is 18.9 Å². The Bertz CT molecular complexity index is 619. The minimum atomic E-state index is 0. The molecule has 0 amide bonds. The van der Waals surface area contributed by atoms with E-state index in [-0.39, 0.29) is 39.1 Å². The number of methoxy groups -OCH3 is 4. The van der Waals surface area contributed by atoms with E-state index >= 15 is 0 Å². The van der Waals surface area contributed by atoms with Crippen LogP contribution in [0.5, 0.6) is 0 Å². The quantitative estimate of drug-likeness (QED) is 0.169. The second-order valence-corrected chi connectivity index (χ2v) is 6.75. The average Bonchev–Trinajstić information content (AvgIpc) is 3.17. The molecule has 0 N–H and O–H groups in total. The van der Waals surface area contributed by atoms with Crippen molar-refractivity contribution in [1.82, 2.24) is 0 Å². The summed E-state index contributed by atoms with van der Waals surface area (Å²) in [5, 5.41) is 0. The molecule has 4 rings (SSSR count). The van der Waals surface area contributed by atoms with Crippen LogP contribution in [0.3, 0.4) is 0 Å². The number of aryl methyl sites for hydroxylation is 1. The lowest BCUT2D eigenvalue weighted by Crippen LogP contribution is -1.62. The SMILES string of the molecule is C.C.C.CC.CC.CC.CC.CC.COC.COC.COC.COC.Cc1ccccc1.[B].[B].c1ccccc1.c1ccccc1.c1ccccc1. The second-order valence-electron chi connectivity index (χ2n) is 6.75. The van der Waals surface area contributed by atoms with Gasteiger partial charge in [-0.25, -0.2) is 0 Å². The Morgan fingerprint density at radius 2 is 0.327 bits per heavy atom. The lowest BCUT2D eigenvalue weighted by molar-refractivity contribution is 0.277. The second kappa shape index (κ2) is 146. The maximum absolute atomic E-state index is 4.25. The number of rotatable bonds is 0. The van der Waals surface area contributed by atoms with Crippen molar-refractivity contribution in [2.24, 2.45) is 0 Å². The third-order valence-corrected chi connectivity index (χ3v) is 2.94. The van der Waals surface area contributed by atoms with E-state index < -0.39 is 0 Å². The van der Waals surface area contributed by atoms with E-state index in [9.17, 15) is 0 Å². The fourth-order valence-corrected chi connectivity index (χ4v) is 1.69. The van der Waals surface area contributed by atoms with Crippen molar-refractivity contribution in [3.63, 3.8) is 0 Å². The van der Waals surface area contributed by atoms with Crippen molar-refractivity contribution in [3.05, 3.63) is 145 Å². The number of ether oxygens (including phenoxy) is 4. The Kier molecular flexibility index (Phi) is 258. The van der Waals surface area contributed by atoms with Gasteiger partial charge in [-0.05, 0) is 6.92 Å². The molecule has 0 bridgehead atoms. The van der Waals surface area contributed by atoms with Gasteiger partial charge in [0.15, 0.2) is 0 Å². The summed E-state index contributed by atoms with van der Waals surface area (Å²) in [5.41, 5.74) is 1.32. The van der Waals surface area contributed by atoms with Crippen molar-refractivity contribution in [1.29, 1.82) is 0 Å². The van der Waals surface area contributed by atoms with Crippen LogP contribution < -0.4 is 0 Å². The Balaban J connectivity index is -0.0000000257. The van der Waals surface area contributed by atoms with Crippen LogP contribution in [0.15, 0.2) is 140 Å². The third kappa shape index (κ3) is 189. The zero-order valence-corrected chi connectivity index (χ0v) is 35.6. The largest absolute Gasteiger partial charge is 0.388 e. The lowest BCUT2D eigenvalue weighted by atomic mass is 10.2. The van der Waals surface area contributed by atoms with Gasteiger partial charge in [-0.3, -0.25) is 0 Å². The molecular weight excluding hydrogens is 638 g/mol. The average molecular weight is 731 g/mol. The van der Waals surface area contributed by atoms with Crippen LogP contribution in [0.1, 0.15) is 97.1 Å². The molecule has 6 radical (unpaired) electrons. The normalized spacial score (nSPS) is 5.90. The molecule has 4 aromatic rings. The Hall–Kier alpha value is -3.15. The highest BCUT2D eigenvalue weighted by Gasteiger charge is 1.72. The van der Waals surface area contributed by atoms with Crippen LogP contribution in [0, 0.1) is 6.92 Å². The molecule has 306 valence electrons. The Morgan fingerprint density at radius 1 is 0.250 bits per heavy atom. The van der Waals surface area contributed by atoms with Gasteiger partial charge in [0, 0.05) is 73.7 Å². The molecule has 4 aromatic carbocycles. The molecule has 6 heteroatoms. The van der Waals surface area contributed by atoms with Gasteiger partial charge in [-0.1, -0.05) is 237 Å². The summed E-state index contributed by atoms with van der Waals surface area (Å²) < 4.78 is 17.0. The van der Waals surface area contributed by atoms with E-state index in [4.69, 9.17) is 0 Å². The molecule has 0 aromatic heterocycles. The van der Waals surface area contributed by atoms with Crippen molar-refractivity contribution in [3.8, 4) is 0 Å². The Morgan fingerprint density at radius 3 is 0.385 bits per heavy atom. The first-order chi connectivity index (χ1) is 23.1. The molecule has 0 heterocycles. The topological polar surface area (TPSA) is 36.9 Å². The number of hydrogen-bond acceptors (Lipinski definition) is 4. The molecule has 0 aliphatic rings. The highest BCUT2D eigenvalue weighted by molar-refractivity contribution is 5.76. The summed E-state index contributed by atoms with van der Waals surface area (Å²) in [7, 11) is 13.0. The van der Waals surface area contributed by atoms with Crippen LogP contribution >= 0.6 is 0 Å². The van der Waals surface area contributed by atoms with E-state index in [1.807, 2.05) is 197 Å². The number of hydrogen-bond donors (Lipinski definition) is 0. The van der Waals surface area contributed by atoms with E-state index in [1.165, 1.54) is 5.56 Å². The molecule has 0 unspecified atom stereocenters. The van der Waals surface area contributed by atoms with Gasteiger partial charge in [0.25, 0.3) is 0 Å². The summed E-state index contributed by atoms with van der Waals surface area (Å²) in [6, 6.07) is 46.3. The standard InChI is InChI=1S/C7H8.3C6H6.4C2H6O.5C2H6.3CH4.2B/c1-7-5-3-2-4-6-7;3*1-2-4-6-5-3-1;4*1-3-2;5*1-2;;;;;/h2-6H,1H3;3*1-6H;4*1-2H3;5*1-2H3;3*1H4;;. The molecule has 0 saturated heterocycles. The summed E-state index contributed by atoms with van der Waals surface area (Å²) in [6.07, 6.45) is 0. The molecule has 52 heavy (non-hydrogen) atoms. The van der Waals surface area contributed by atoms with Crippen molar-refractivity contribution in [2.45, 2.75) is 98.4 Å². The van der Waals surface area contributed by atoms with Crippen LogP contribution in [-0.2, 0) is 18.9 Å². The van der Waals surface area contributed by atoms with Crippen molar-refractivity contribution in [2.75, 3.05) is 56.9 Å². The van der Waals surface area contributed by atoms with Gasteiger partial charge in [0.05, 0.1) is 0 Å². The predicted octanol–water partition coefficient (Wildman–Crippen LogP) is 14.4. The third-order valence-electron chi connectivity index (χ3n) is 2.94. The zero-order chi connectivity index (χ0) is 38.7. The maximum atomic E-state index is 4.25. The first-order valence-electron chi connectivity index (χ1n) is 16.7. The highest BCUT2D eigenvalue weighted by atomic mass is 16.5. The molecular formula is C46H92B2O4. The van der Waals surface area contributed by atoms with Gasteiger partial charge in [-0.15, -0.1) is 0 Å². The Labute approximate surface area is 335 Å². The molecule has 0 fully saturated rings. The minimum absolute atomic E-state index is 0. The fraction of sp³-hybridized carbons (Fsp3) is 0.478. The molecule has 0 aliphatic heterocycles. The minimum Gasteiger partial charge on any atom is -0.388 e. The van der Waals surface area contributed by atoms with E-state index in [0.29, 0.717) is 0 Å². The van der Waals surface area contributed by atoms with Gasteiger partial charge in [0.1, 0.15) is 0 Å². The summed E-state index contributed by atoms with van der Waals surface area (Å²) in [5.74, 6) is 0. The van der Waals surface area contributed by atoms with Crippen LogP contribution in [0.25, 0.3) is 0 Å². The first-order valence-corrected chi connectivity index (χ1v) is 16.7. The zero-order valence-electron chi connectivity index (χ0n) is 35.6. The monoisotopic (exact) mass is 731 g/mol. The van der Waals surface area contributed by atoms with Crippen LogP contribution in [-0.4, -0.2) is 73.7 Å². The molecule has 0 atom stereocenters. The van der Waals surface area contributed by atoms with Crippen molar-refractivity contribution >= 4 is 16.8 Å². The summed E-state index contributed by atoms with van der Waals surface area (Å²) in [4.78, 5) is 0. The first kappa shape index (κ1) is 92.1. The molecule has 0 aliphatic carbocycles. The smallest absolute Gasteiger partial charge is 0.0351 e. The van der Waals surface area contributed by atoms with Gasteiger partial charge >= 0.3 is 0 Å². The summed E-state index contributed by atoms with van der Waals surface area (Å²) >= 11 is 0.